The highest BCUT2D eigenvalue weighted by Gasteiger charge is 2.21. The molecule has 1 amide bonds. The number of hydrogen-bond donors (Lipinski definition) is 0. The highest BCUT2D eigenvalue weighted by atomic mass is 16.1. The fourth-order valence-electron chi connectivity index (χ4n) is 2.05. The first-order valence-corrected chi connectivity index (χ1v) is 4.93. The highest BCUT2D eigenvalue weighted by Crippen LogP contribution is 2.27. The molecule has 0 spiro atoms. The van der Waals surface area contributed by atoms with Crippen molar-refractivity contribution in [3.8, 4) is 0 Å². The van der Waals surface area contributed by atoms with Crippen LogP contribution in [0, 0.1) is 5.92 Å². The van der Waals surface area contributed by atoms with Gasteiger partial charge in [0, 0.05) is 13.1 Å². The maximum atomic E-state index is 10.5. The summed E-state index contributed by atoms with van der Waals surface area (Å²) in [6.07, 6.45) is 7.63. The Morgan fingerprint density at radius 1 is 1.33 bits per heavy atom. The van der Waals surface area contributed by atoms with Crippen LogP contribution in [0.1, 0.15) is 39.0 Å². The molecule has 1 aliphatic rings. The molecule has 0 aromatic carbocycles. The van der Waals surface area contributed by atoms with Gasteiger partial charge in [-0.3, -0.25) is 4.79 Å². The summed E-state index contributed by atoms with van der Waals surface area (Å²) >= 11 is 0. The molecule has 0 N–H and O–H groups in total. The van der Waals surface area contributed by atoms with Crippen LogP contribution >= 0.6 is 0 Å². The number of carbonyl (C=O) groups is 1. The van der Waals surface area contributed by atoms with E-state index in [1.807, 2.05) is 7.05 Å². The molecule has 12 heavy (non-hydrogen) atoms. The van der Waals surface area contributed by atoms with Crippen LogP contribution in [-0.4, -0.2) is 24.4 Å². The van der Waals surface area contributed by atoms with E-state index in [-0.39, 0.29) is 0 Å². The highest BCUT2D eigenvalue weighted by molar-refractivity contribution is 5.46. The normalized spacial score (nSPS) is 21.8. The molecular weight excluding hydrogens is 150 g/mol. The zero-order valence-corrected chi connectivity index (χ0v) is 8.12. The molecule has 2 heteroatoms. The SMILES string of the molecule is C[C@H](C1CCCCC1)N(C)C=O. The van der Waals surface area contributed by atoms with E-state index in [0.717, 1.165) is 12.3 Å². The van der Waals surface area contributed by atoms with Gasteiger partial charge in [-0.2, -0.15) is 0 Å². The third-order valence-corrected chi connectivity index (χ3v) is 3.14. The Balaban J connectivity index is 2.38. The van der Waals surface area contributed by atoms with Crippen LogP contribution in [0.3, 0.4) is 0 Å². The van der Waals surface area contributed by atoms with Crippen LogP contribution in [-0.2, 0) is 4.79 Å². The zero-order chi connectivity index (χ0) is 8.97. The predicted molar refractivity (Wildman–Crippen MR) is 49.9 cm³/mol. The van der Waals surface area contributed by atoms with E-state index in [4.69, 9.17) is 0 Å². The van der Waals surface area contributed by atoms with Gasteiger partial charge in [0.2, 0.25) is 6.41 Å². The predicted octanol–water partition coefficient (Wildman–Crippen LogP) is 2.04. The molecule has 1 fully saturated rings. The summed E-state index contributed by atoms with van der Waals surface area (Å²) in [6, 6.07) is 0.433. The molecule has 0 aromatic rings. The monoisotopic (exact) mass is 169 g/mol. The van der Waals surface area contributed by atoms with Crippen LogP contribution in [0.4, 0.5) is 0 Å². The molecule has 1 atom stereocenters. The Bertz CT molecular complexity index is 141. The second kappa shape index (κ2) is 4.48. The molecule has 2 nitrogen and oxygen atoms in total. The van der Waals surface area contributed by atoms with Crippen LogP contribution < -0.4 is 0 Å². The van der Waals surface area contributed by atoms with E-state index in [9.17, 15) is 4.79 Å². The third-order valence-electron chi connectivity index (χ3n) is 3.14. The van der Waals surface area contributed by atoms with Gasteiger partial charge in [-0.25, -0.2) is 0 Å². The van der Waals surface area contributed by atoms with E-state index in [1.54, 1.807) is 4.90 Å². The summed E-state index contributed by atoms with van der Waals surface area (Å²) in [5, 5.41) is 0. The quantitative estimate of drug-likeness (QED) is 0.592. The lowest BCUT2D eigenvalue weighted by molar-refractivity contribution is -0.119. The average molecular weight is 169 g/mol. The van der Waals surface area contributed by atoms with Gasteiger partial charge in [-0.1, -0.05) is 19.3 Å². The van der Waals surface area contributed by atoms with Crippen molar-refractivity contribution in [2.45, 2.75) is 45.1 Å². The molecule has 1 aliphatic carbocycles. The van der Waals surface area contributed by atoms with E-state index >= 15 is 0 Å². The van der Waals surface area contributed by atoms with Crippen molar-refractivity contribution in [1.29, 1.82) is 0 Å². The van der Waals surface area contributed by atoms with Crippen molar-refractivity contribution >= 4 is 6.41 Å². The molecule has 0 unspecified atom stereocenters. The fraction of sp³-hybridized carbons (Fsp3) is 0.900. The summed E-state index contributed by atoms with van der Waals surface area (Å²) in [5.74, 6) is 0.744. The summed E-state index contributed by atoms with van der Waals surface area (Å²) in [5.41, 5.74) is 0. The van der Waals surface area contributed by atoms with E-state index in [0.29, 0.717) is 6.04 Å². The van der Waals surface area contributed by atoms with Crippen molar-refractivity contribution in [3.63, 3.8) is 0 Å². The van der Waals surface area contributed by atoms with Crippen molar-refractivity contribution in [2.75, 3.05) is 7.05 Å². The number of carbonyl (C=O) groups excluding carboxylic acids is 1. The molecule has 0 aromatic heterocycles. The van der Waals surface area contributed by atoms with Gasteiger partial charge < -0.3 is 4.90 Å². The van der Waals surface area contributed by atoms with Gasteiger partial charge in [-0.05, 0) is 25.7 Å². The van der Waals surface area contributed by atoms with Gasteiger partial charge >= 0.3 is 0 Å². The molecule has 0 radical (unpaired) electrons. The number of nitrogens with zero attached hydrogens (tertiary/aromatic N) is 1. The largest absolute Gasteiger partial charge is 0.345 e. The molecular formula is C10H19NO. The van der Waals surface area contributed by atoms with Crippen LogP contribution in [0.15, 0.2) is 0 Å². The van der Waals surface area contributed by atoms with Crippen LogP contribution in [0.25, 0.3) is 0 Å². The molecule has 1 rings (SSSR count). The fourth-order valence-corrected chi connectivity index (χ4v) is 2.05. The van der Waals surface area contributed by atoms with Crippen LogP contribution in [0.2, 0.25) is 0 Å². The van der Waals surface area contributed by atoms with Gasteiger partial charge in [-0.15, -0.1) is 0 Å². The summed E-state index contributed by atoms with van der Waals surface area (Å²) in [4.78, 5) is 12.3. The number of hydrogen-bond acceptors (Lipinski definition) is 1. The first kappa shape index (κ1) is 9.56. The van der Waals surface area contributed by atoms with Gasteiger partial charge in [0.1, 0.15) is 0 Å². The Kier molecular flexibility index (Phi) is 3.57. The van der Waals surface area contributed by atoms with E-state index in [1.165, 1.54) is 32.1 Å². The lowest BCUT2D eigenvalue weighted by atomic mass is 9.84. The number of amides is 1. The standard InChI is InChI=1S/C10H19NO/c1-9(11(2)8-12)10-6-4-3-5-7-10/h8-10H,3-7H2,1-2H3/t9-/m1/s1. The first-order valence-electron chi connectivity index (χ1n) is 4.93. The average Bonchev–Trinajstić information content (AvgIpc) is 2.17. The van der Waals surface area contributed by atoms with Gasteiger partial charge in [0.15, 0.2) is 0 Å². The molecule has 0 saturated heterocycles. The van der Waals surface area contributed by atoms with E-state index < -0.39 is 0 Å². The minimum Gasteiger partial charge on any atom is -0.345 e. The lowest BCUT2D eigenvalue weighted by Gasteiger charge is -2.32. The lowest BCUT2D eigenvalue weighted by Crippen LogP contribution is -2.35. The molecule has 1 saturated carbocycles. The van der Waals surface area contributed by atoms with Crippen molar-refractivity contribution in [2.24, 2.45) is 5.92 Å². The van der Waals surface area contributed by atoms with Crippen LogP contribution in [0.5, 0.6) is 0 Å². The second-order valence-corrected chi connectivity index (χ2v) is 3.91. The summed E-state index contributed by atoms with van der Waals surface area (Å²) in [6.45, 7) is 2.16. The van der Waals surface area contributed by atoms with Crippen molar-refractivity contribution in [3.05, 3.63) is 0 Å². The van der Waals surface area contributed by atoms with Gasteiger partial charge in [0.25, 0.3) is 0 Å². The third kappa shape index (κ3) is 2.23. The number of rotatable bonds is 3. The minimum atomic E-state index is 0.433. The van der Waals surface area contributed by atoms with E-state index in [2.05, 4.69) is 6.92 Å². The summed E-state index contributed by atoms with van der Waals surface area (Å²) in [7, 11) is 1.88. The van der Waals surface area contributed by atoms with Crippen molar-refractivity contribution in [1.82, 2.24) is 4.90 Å². The topological polar surface area (TPSA) is 20.3 Å². The smallest absolute Gasteiger partial charge is 0.209 e. The molecule has 0 bridgehead atoms. The van der Waals surface area contributed by atoms with Crippen molar-refractivity contribution < 1.29 is 4.79 Å². The Morgan fingerprint density at radius 2 is 1.92 bits per heavy atom. The minimum absolute atomic E-state index is 0.433. The molecule has 0 aliphatic heterocycles. The Morgan fingerprint density at radius 3 is 2.42 bits per heavy atom. The van der Waals surface area contributed by atoms with Gasteiger partial charge in [0.05, 0.1) is 0 Å². The maximum Gasteiger partial charge on any atom is 0.209 e. The molecule has 0 heterocycles. The second-order valence-electron chi connectivity index (χ2n) is 3.91. The zero-order valence-electron chi connectivity index (χ0n) is 8.12. The Labute approximate surface area is 74.9 Å². The molecule has 70 valence electrons. The maximum absolute atomic E-state index is 10.5. The Hall–Kier alpha value is -0.530. The first-order chi connectivity index (χ1) is 5.75. The summed E-state index contributed by atoms with van der Waals surface area (Å²) < 4.78 is 0.